The minimum absolute atomic E-state index is 0.0421. The molecule has 1 fully saturated rings. The van der Waals surface area contributed by atoms with Gasteiger partial charge in [0.1, 0.15) is 5.69 Å². The molecule has 1 saturated heterocycles. The van der Waals surface area contributed by atoms with Gasteiger partial charge in [0.25, 0.3) is 5.69 Å². The summed E-state index contributed by atoms with van der Waals surface area (Å²) in [6, 6.07) is 5.98. The molecule has 2 amide bonds. The van der Waals surface area contributed by atoms with Crippen molar-refractivity contribution >= 4 is 17.4 Å². The number of carbonyl (C=O) groups is 1. The number of nitrogens with one attached hydrogen (secondary N) is 1. The Bertz CT molecular complexity index is 433. The number of anilines is 1. The fourth-order valence-electron chi connectivity index (χ4n) is 1.71. The lowest BCUT2D eigenvalue weighted by Crippen LogP contribution is -2.46. The van der Waals surface area contributed by atoms with E-state index in [1.165, 1.54) is 11.0 Å². The molecule has 84 valence electrons. The van der Waals surface area contributed by atoms with Crippen molar-refractivity contribution in [2.24, 2.45) is 0 Å². The van der Waals surface area contributed by atoms with Crippen molar-refractivity contribution in [2.45, 2.75) is 6.42 Å². The Labute approximate surface area is 92.0 Å². The molecule has 1 aliphatic rings. The van der Waals surface area contributed by atoms with Crippen molar-refractivity contribution in [2.75, 3.05) is 18.0 Å². The van der Waals surface area contributed by atoms with Crippen molar-refractivity contribution < 1.29 is 9.72 Å². The quantitative estimate of drug-likeness (QED) is 0.607. The first-order valence-electron chi connectivity index (χ1n) is 4.99. The van der Waals surface area contributed by atoms with Gasteiger partial charge in [-0.1, -0.05) is 12.1 Å². The minimum atomic E-state index is -0.475. The second-order valence-electron chi connectivity index (χ2n) is 3.48. The predicted molar refractivity (Wildman–Crippen MR) is 58.5 cm³/mol. The summed E-state index contributed by atoms with van der Waals surface area (Å²) >= 11 is 0. The molecular formula is C10H11N3O3. The molecule has 0 saturated carbocycles. The summed E-state index contributed by atoms with van der Waals surface area (Å²) in [5.74, 6) is 0. The Balaban J connectivity index is 2.38. The fraction of sp³-hybridized carbons (Fsp3) is 0.300. The zero-order valence-electron chi connectivity index (χ0n) is 8.55. The van der Waals surface area contributed by atoms with Gasteiger partial charge < -0.3 is 5.32 Å². The van der Waals surface area contributed by atoms with E-state index in [2.05, 4.69) is 5.32 Å². The molecule has 1 aliphatic heterocycles. The molecule has 0 aromatic heterocycles. The summed E-state index contributed by atoms with van der Waals surface area (Å²) < 4.78 is 0. The van der Waals surface area contributed by atoms with Gasteiger partial charge in [0.15, 0.2) is 0 Å². The normalized spacial score (nSPS) is 15.8. The van der Waals surface area contributed by atoms with Crippen LogP contribution < -0.4 is 10.2 Å². The lowest BCUT2D eigenvalue weighted by Gasteiger charge is -2.26. The zero-order chi connectivity index (χ0) is 11.5. The van der Waals surface area contributed by atoms with Crippen molar-refractivity contribution in [1.82, 2.24) is 5.32 Å². The van der Waals surface area contributed by atoms with Crippen molar-refractivity contribution in [3.8, 4) is 0 Å². The number of nitro groups is 1. The van der Waals surface area contributed by atoms with E-state index >= 15 is 0 Å². The highest BCUT2D eigenvalue weighted by Crippen LogP contribution is 2.28. The van der Waals surface area contributed by atoms with Crippen LogP contribution in [0, 0.1) is 10.1 Å². The molecule has 0 unspecified atom stereocenters. The maximum Gasteiger partial charge on any atom is 0.322 e. The maximum absolute atomic E-state index is 11.6. The van der Waals surface area contributed by atoms with Crippen LogP contribution in [0.5, 0.6) is 0 Å². The molecule has 0 aliphatic carbocycles. The van der Waals surface area contributed by atoms with Crippen LogP contribution in [0.4, 0.5) is 16.2 Å². The van der Waals surface area contributed by atoms with Gasteiger partial charge in [0.2, 0.25) is 0 Å². The summed E-state index contributed by atoms with van der Waals surface area (Å²) in [4.78, 5) is 23.3. The molecule has 1 aromatic rings. The van der Waals surface area contributed by atoms with Gasteiger partial charge in [-0.3, -0.25) is 15.0 Å². The number of rotatable bonds is 2. The van der Waals surface area contributed by atoms with Gasteiger partial charge in [-0.15, -0.1) is 0 Å². The van der Waals surface area contributed by atoms with Crippen LogP contribution in [0.2, 0.25) is 0 Å². The van der Waals surface area contributed by atoms with E-state index in [0.717, 1.165) is 6.42 Å². The largest absolute Gasteiger partial charge is 0.338 e. The first-order valence-corrected chi connectivity index (χ1v) is 4.99. The average molecular weight is 221 g/mol. The summed E-state index contributed by atoms with van der Waals surface area (Å²) in [6.07, 6.45) is 0.789. The third-order valence-corrected chi connectivity index (χ3v) is 2.45. The van der Waals surface area contributed by atoms with E-state index in [1.807, 2.05) is 0 Å². The number of hydrogen-bond donors (Lipinski definition) is 1. The number of benzene rings is 1. The second kappa shape index (κ2) is 4.18. The number of nitro benzene ring substituents is 1. The molecule has 0 spiro atoms. The van der Waals surface area contributed by atoms with Gasteiger partial charge in [-0.05, 0) is 12.5 Å². The minimum Gasteiger partial charge on any atom is -0.338 e. The Morgan fingerprint density at radius 2 is 2.12 bits per heavy atom. The molecule has 0 radical (unpaired) electrons. The molecule has 2 rings (SSSR count). The van der Waals surface area contributed by atoms with E-state index in [4.69, 9.17) is 0 Å². The molecule has 16 heavy (non-hydrogen) atoms. The highest BCUT2D eigenvalue weighted by atomic mass is 16.6. The average Bonchev–Trinajstić information content (AvgIpc) is 2.29. The van der Waals surface area contributed by atoms with E-state index in [1.54, 1.807) is 18.2 Å². The maximum atomic E-state index is 11.6. The molecule has 6 nitrogen and oxygen atoms in total. The number of urea groups is 1. The SMILES string of the molecule is O=C1NCCCN1c1ccccc1[N+](=O)[O-]. The first-order chi connectivity index (χ1) is 7.70. The molecule has 1 N–H and O–H groups in total. The van der Waals surface area contributed by atoms with Crippen LogP contribution >= 0.6 is 0 Å². The van der Waals surface area contributed by atoms with Crippen LogP contribution in [0.25, 0.3) is 0 Å². The number of amides is 2. The topological polar surface area (TPSA) is 75.5 Å². The van der Waals surface area contributed by atoms with E-state index in [9.17, 15) is 14.9 Å². The van der Waals surface area contributed by atoms with Crippen molar-refractivity contribution in [1.29, 1.82) is 0 Å². The van der Waals surface area contributed by atoms with Crippen LogP contribution in [-0.4, -0.2) is 24.0 Å². The van der Waals surface area contributed by atoms with Crippen LogP contribution in [0.1, 0.15) is 6.42 Å². The summed E-state index contributed by atoms with van der Waals surface area (Å²) in [5.41, 5.74) is 0.309. The Morgan fingerprint density at radius 1 is 1.38 bits per heavy atom. The van der Waals surface area contributed by atoms with Gasteiger partial charge in [0, 0.05) is 19.2 Å². The summed E-state index contributed by atoms with van der Waals surface area (Å²) in [7, 11) is 0. The van der Waals surface area contributed by atoms with Crippen LogP contribution in [0.15, 0.2) is 24.3 Å². The zero-order valence-corrected chi connectivity index (χ0v) is 8.55. The molecular weight excluding hydrogens is 210 g/mol. The predicted octanol–water partition coefficient (Wildman–Crippen LogP) is 1.51. The summed E-state index contributed by atoms with van der Waals surface area (Å²) in [6.45, 7) is 1.13. The molecule has 1 aromatic carbocycles. The number of hydrogen-bond acceptors (Lipinski definition) is 3. The van der Waals surface area contributed by atoms with Gasteiger partial charge >= 0.3 is 6.03 Å². The standard InChI is InChI=1S/C10H11N3O3/c14-10-11-6-3-7-12(10)8-4-1-2-5-9(8)13(15)16/h1-2,4-5H,3,6-7H2,(H,11,14). The lowest BCUT2D eigenvalue weighted by atomic mass is 10.2. The van der Waals surface area contributed by atoms with Crippen molar-refractivity contribution in [3.63, 3.8) is 0 Å². The number of para-hydroxylation sites is 2. The third kappa shape index (κ3) is 1.81. The highest BCUT2D eigenvalue weighted by Gasteiger charge is 2.25. The molecule has 6 heteroatoms. The fourth-order valence-corrected chi connectivity index (χ4v) is 1.71. The third-order valence-electron chi connectivity index (χ3n) is 2.45. The van der Waals surface area contributed by atoms with E-state index in [-0.39, 0.29) is 11.7 Å². The Kier molecular flexibility index (Phi) is 2.72. The first kappa shape index (κ1) is 10.4. The van der Waals surface area contributed by atoms with Gasteiger partial charge in [-0.25, -0.2) is 4.79 Å². The Hall–Kier alpha value is -2.11. The monoisotopic (exact) mass is 221 g/mol. The van der Waals surface area contributed by atoms with Crippen molar-refractivity contribution in [3.05, 3.63) is 34.4 Å². The lowest BCUT2D eigenvalue weighted by molar-refractivity contribution is -0.384. The number of nitrogens with zero attached hydrogens (tertiary/aromatic N) is 2. The smallest absolute Gasteiger partial charge is 0.322 e. The Morgan fingerprint density at radius 3 is 2.81 bits per heavy atom. The molecule has 1 heterocycles. The van der Waals surface area contributed by atoms with E-state index in [0.29, 0.717) is 18.8 Å². The van der Waals surface area contributed by atoms with Crippen LogP contribution in [-0.2, 0) is 0 Å². The number of carbonyl (C=O) groups excluding carboxylic acids is 1. The molecule has 0 atom stereocenters. The van der Waals surface area contributed by atoms with Gasteiger partial charge in [0.05, 0.1) is 4.92 Å². The van der Waals surface area contributed by atoms with Crippen LogP contribution in [0.3, 0.4) is 0 Å². The van der Waals surface area contributed by atoms with E-state index < -0.39 is 4.92 Å². The molecule has 0 bridgehead atoms. The van der Waals surface area contributed by atoms with Gasteiger partial charge in [-0.2, -0.15) is 0 Å². The summed E-state index contributed by atoms with van der Waals surface area (Å²) in [5, 5.41) is 13.5. The second-order valence-corrected chi connectivity index (χ2v) is 3.48. The highest BCUT2D eigenvalue weighted by molar-refractivity contribution is 5.94.